The standard InChI is InChI=1S/C10H5F6NO4/c1-21-8(18)7-5(9(11,12)13)2-4(17(19)20)3-6(7)10(14,15)16/h2-3H,1H3. The number of halogens is 6. The normalized spacial score (nSPS) is 12.1. The fraction of sp³-hybridized carbons (Fsp3) is 0.300. The lowest BCUT2D eigenvalue weighted by molar-refractivity contribution is -0.385. The predicted octanol–water partition coefficient (Wildman–Crippen LogP) is 3.42. The molecule has 0 bridgehead atoms. The number of rotatable bonds is 2. The van der Waals surface area contributed by atoms with E-state index in [0.717, 1.165) is 0 Å². The van der Waals surface area contributed by atoms with Crippen LogP contribution in [0.5, 0.6) is 0 Å². The first kappa shape index (κ1) is 16.7. The number of methoxy groups -OCH3 is 1. The van der Waals surface area contributed by atoms with E-state index in [4.69, 9.17) is 0 Å². The average Bonchev–Trinajstić information content (AvgIpc) is 2.33. The second kappa shape index (κ2) is 5.22. The molecule has 0 aliphatic carbocycles. The fourth-order valence-corrected chi connectivity index (χ4v) is 1.50. The van der Waals surface area contributed by atoms with Gasteiger partial charge in [0, 0.05) is 12.1 Å². The van der Waals surface area contributed by atoms with E-state index in [1.807, 2.05) is 0 Å². The largest absolute Gasteiger partial charge is 0.465 e. The summed E-state index contributed by atoms with van der Waals surface area (Å²) in [5, 5.41) is 10.5. The van der Waals surface area contributed by atoms with Crippen LogP contribution in [0.15, 0.2) is 12.1 Å². The molecule has 0 amide bonds. The van der Waals surface area contributed by atoms with Gasteiger partial charge in [0.25, 0.3) is 5.69 Å². The number of ether oxygens (including phenoxy) is 1. The van der Waals surface area contributed by atoms with Crippen LogP contribution in [0.3, 0.4) is 0 Å². The molecule has 0 N–H and O–H groups in total. The molecular weight excluding hydrogens is 312 g/mol. The Hall–Kier alpha value is -2.33. The highest BCUT2D eigenvalue weighted by molar-refractivity contribution is 5.93. The Morgan fingerprint density at radius 3 is 1.71 bits per heavy atom. The van der Waals surface area contributed by atoms with Gasteiger partial charge in [0.2, 0.25) is 0 Å². The van der Waals surface area contributed by atoms with Crippen molar-refractivity contribution < 1.29 is 40.8 Å². The predicted molar refractivity (Wildman–Crippen MR) is 54.4 cm³/mol. The Labute approximate surface area is 112 Å². The fourth-order valence-electron chi connectivity index (χ4n) is 1.50. The number of esters is 1. The van der Waals surface area contributed by atoms with Crippen LogP contribution in [0.1, 0.15) is 21.5 Å². The molecule has 116 valence electrons. The zero-order valence-corrected chi connectivity index (χ0v) is 10.0. The van der Waals surface area contributed by atoms with Gasteiger partial charge in [0.1, 0.15) is 0 Å². The zero-order valence-electron chi connectivity index (χ0n) is 10.0. The number of non-ortho nitro benzene ring substituents is 1. The third-order valence-corrected chi connectivity index (χ3v) is 2.33. The van der Waals surface area contributed by atoms with E-state index in [1.165, 1.54) is 0 Å². The minimum absolute atomic E-state index is 0.151. The monoisotopic (exact) mass is 317 g/mol. The number of hydrogen-bond donors (Lipinski definition) is 0. The van der Waals surface area contributed by atoms with Crippen molar-refractivity contribution in [2.24, 2.45) is 0 Å². The lowest BCUT2D eigenvalue weighted by atomic mass is 9.98. The van der Waals surface area contributed by atoms with Crippen LogP contribution in [0.2, 0.25) is 0 Å². The summed E-state index contributed by atoms with van der Waals surface area (Å²) in [6.45, 7) is 0. The molecule has 21 heavy (non-hydrogen) atoms. The summed E-state index contributed by atoms with van der Waals surface area (Å²) >= 11 is 0. The maximum atomic E-state index is 12.8. The number of alkyl halides is 6. The molecular formula is C10H5F6NO4. The number of nitrogens with zero attached hydrogens (tertiary/aromatic N) is 1. The number of nitro groups is 1. The van der Waals surface area contributed by atoms with Crippen LogP contribution < -0.4 is 0 Å². The van der Waals surface area contributed by atoms with Gasteiger partial charge < -0.3 is 4.74 Å². The summed E-state index contributed by atoms with van der Waals surface area (Å²) in [6.07, 6.45) is -10.8. The van der Waals surface area contributed by atoms with E-state index in [2.05, 4.69) is 4.74 Å². The minimum atomic E-state index is -5.41. The molecule has 1 aromatic rings. The van der Waals surface area contributed by atoms with E-state index in [0.29, 0.717) is 7.11 Å². The number of carbonyl (C=O) groups excluding carboxylic acids is 1. The van der Waals surface area contributed by atoms with Crippen molar-refractivity contribution in [3.8, 4) is 0 Å². The van der Waals surface area contributed by atoms with E-state index in [-0.39, 0.29) is 12.1 Å². The van der Waals surface area contributed by atoms with E-state index in [9.17, 15) is 41.3 Å². The molecule has 0 aliphatic heterocycles. The van der Waals surface area contributed by atoms with Crippen molar-refractivity contribution in [1.82, 2.24) is 0 Å². The van der Waals surface area contributed by atoms with Crippen molar-refractivity contribution in [2.45, 2.75) is 12.4 Å². The Morgan fingerprint density at radius 2 is 1.48 bits per heavy atom. The van der Waals surface area contributed by atoms with E-state index < -0.39 is 45.6 Å². The summed E-state index contributed by atoms with van der Waals surface area (Å²) in [6, 6.07) is -0.303. The molecule has 0 aliphatic rings. The van der Waals surface area contributed by atoms with Gasteiger partial charge >= 0.3 is 18.3 Å². The Balaban J connectivity index is 3.87. The maximum Gasteiger partial charge on any atom is 0.417 e. The van der Waals surface area contributed by atoms with Crippen molar-refractivity contribution in [1.29, 1.82) is 0 Å². The van der Waals surface area contributed by atoms with Crippen LogP contribution in [-0.4, -0.2) is 18.0 Å². The van der Waals surface area contributed by atoms with Gasteiger partial charge in [-0.2, -0.15) is 26.3 Å². The minimum Gasteiger partial charge on any atom is -0.465 e. The van der Waals surface area contributed by atoms with Crippen molar-refractivity contribution in [3.63, 3.8) is 0 Å². The lowest BCUT2D eigenvalue weighted by Crippen LogP contribution is -2.21. The van der Waals surface area contributed by atoms with Crippen LogP contribution in [0.25, 0.3) is 0 Å². The molecule has 0 aromatic heterocycles. The summed E-state index contributed by atoms with van der Waals surface area (Å²) in [4.78, 5) is 20.3. The third kappa shape index (κ3) is 3.41. The summed E-state index contributed by atoms with van der Waals surface area (Å²) in [5.41, 5.74) is -7.43. The van der Waals surface area contributed by atoms with Crippen molar-refractivity contribution in [2.75, 3.05) is 7.11 Å². The molecule has 0 saturated carbocycles. The first-order chi connectivity index (χ1) is 9.39. The summed E-state index contributed by atoms with van der Waals surface area (Å²) in [5.74, 6) is -1.90. The van der Waals surface area contributed by atoms with Gasteiger partial charge in [-0.1, -0.05) is 0 Å². The first-order valence-electron chi connectivity index (χ1n) is 4.94. The highest BCUT2D eigenvalue weighted by Crippen LogP contribution is 2.42. The molecule has 0 fully saturated rings. The van der Waals surface area contributed by atoms with Gasteiger partial charge in [-0.25, -0.2) is 4.79 Å². The molecule has 1 aromatic carbocycles. The molecule has 0 unspecified atom stereocenters. The van der Waals surface area contributed by atoms with Gasteiger partial charge in [-0.15, -0.1) is 0 Å². The van der Waals surface area contributed by atoms with E-state index >= 15 is 0 Å². The zero-order chi connectivity index (χ0) is 16.6. The quantitative estimate of drug-likeness (QED) is 0.363. The number of nitro benzene ring substituents is 1. The van der Waals surface area contributed by atoms with Crippen LogP contribution in [-0.2, 0) is 17.1 Å². The molecule has 0 saturated heterocycles. The molecule has 11 heteroatoms. The summed E-state index contributed by atoms with van der Waals surface area (Å²) in [7, 11) is 0.587. The topological polar surface area (TPSA) is 69.4 Å². The van der Waals surface area contributed by atoms with Gasteiger partial charge in [0.15, 0.2) is 0 Å². The average molecular weight is 317 g/mol. The number of carbonyl (C=O) groups is 1. The van der Waals surface area contributed by atoms with Crippen LogP contribution in [0.4, 0.5) is 32.0 Å². The molecule has 0 radical (unpaired) electrons. The Bertz CT molecular complexity index is 557. The second-order valence-corrected chi connectivity index (χ2v) is 3.66. The highest BCUT2D eigenvalue weighted by atomic mass is 19.4. The maximum absolute atomic E-state index is 12.8. The van der Waals surface area contributed by atoms with Crippen LogP contribution >= 0.6 is 0 Å². The Morgan fingerprint density at radius 1 is 1.10 bits per heavy atom. The van der Waals surface area contributed by atoms with Gasteiger partial charge in [0.05, 0.1) is 28.7 Å². The second-order valence-electron chi connectivity index (χ2n) is 3.66. The third-order valence-electron chi connectivity index (χ3n) is 2.33. The van der Waals surface area contributed by atoms with Crippen molar-refractivity contribution in [3.05, 3.63) is 38.9 Å². The van der Waals surface area contributed by atoms with Crippen LogP contribution in [0, 0.1) is 10.1 Å². The SMILES string of the molecule is COC(=O)c1c(C(F)(F)F)cc([N+](=O)[O-])cc1C(F)(F)F. The molecule has 1 rings (SSSR count). The van der Waals surface area contributed by atoms with Crippen molar-refractivity contribution >= 4 is 11.7 Å². The smallest absolute Gasteiger partial charge is 0.417 e. The lowest BCUT2D eigenvalue weighted by Gasteiger charge is -2.16. The molecule has 0 heterocycles. The highest BCUT2D eigenvalue weighted by Gasteiger charge is 2.45. The van der Waals surface area contributed by atoms with Gasteiger partial charge in [-0.05, 0) is 0 Å². The number of benzene rings is 1. The Kier molecular flexibility index (Phi) is 4.16. The number of hydrogen-bond acceptors (Lipinski definition) is 4. The van der Waals surface area contributed by atoms with E-state index in [1.54, 1.807) is 0 Å². The summed E-state index contributed by atoms with van der Waals surface area (Å²) < 4.78 is 80.5. The first-order valence-corrected chi connectivity index (χ1v) is 4.94. The molecule has 0 spiro atoms. The van der Waals surface area contributed by atoms with Gasteiger partial charge in [-0.3, -0.25) is 10.1 Å². The molecule has 0 atom stereocenters. The molecule has 5 nitrogen and oxygen atoms in total.